The number of carbonyl (C=O) groups excluding carboxylic acids is 3. The standard InChI is InChI=1S/C30H28BrN3O5S/c1-4-19-8-12-22(13-9-19)34-29(37)23(28(36)33-30(34)40)14-20-15-24(31)27(25(16-20)38-5-2)39-17-26(35)32-21-10-6-18(3)7-11-21/h6-16H,4-5,17H2,1-3H3,(H,32,35)(H,33,36,40)/b23-14+. The summed E-state index contributed by atoms with van der Waals surface area (Å²) in [6.45, 7) is 5.89. The largest absolute Gasteiger partial charge is 0.490 e. The number of thiocarbonyl (C=S) groups is 1. The van der Waals surface area contributed by atoms with Gasteiger partial charge in [-0.25, -0.2) is 0 Å². The zero-order chi connectivity index (χ0) is 28.8. The van der Waals surface area contributed by atoms with Crippen LogP contribution in [0.2, 0.25) is 0 Å². The Balaban J connectivity index is 1.57. The van der Waals surface area contributed by atoms with E-state index >= 15 is 0 Å². The van der Waals surface area contributed by atoms with Crippen LogP contribution in [0.25, 0.3) is 6.08 Å². The molecule has 0 unspecified atom stereocenters. The Bertz CT molecular complexity index is 1490. The SMILES string of the molecule is CCOc1cc(/C=C2\C(=O)NC(=S)N(c3ccc(CC)cc3)C2=O)cc(Br)c1OCC(=O)Nc1ccc(C)cc1. The van der Waals surface area contributed by atoms with E-state index in [0.717, 1.165) is 17.5 Å². The second kappa shape index (κ2) is 12.9. The highest BCUT2D eigenvalue weighted by atomic mass is 79.9. The van der Waals surface area contributed by atoms with Gasteiger partial charge in [-0.1, -0.05) is 36.8 Å². The molecular formula is C30H28BrN3O5S. The van der Waals surface area contributed by atoms with Crippen molar-refractivity contribution in [2.75, 3.05) is 23.4 Å². The van der Waals surface area contributed by atoms with Crippen LogP contribution in [0.15, 0.2) is 70.7 Å². The van der Waals surface area contributed by atoms with Gasteiger partial charge in [0.25, 0.3) is 17.7 Å². The number of benzene rings is 3. The molecule has 2 N–H and O–H groups in total. The summed E-state index contributed by atoms with van der Waals surface area (Å²) >= 11 is 8.78. The fourth-order valence-electron chi connectivity index (χ4n) is 3.99. The molecule has 1 aliphatic rings. The van der Waals surface area contributed by atoms with Crippen molar-refractivity contribution in [3.05, 3.63) is 87.4 Å². The lowest BCUT2D eigenvalue weighted by atomic mass is 10.1. The van der Waals surface area contributed by atoms with Crippen molar-refractivity contribution >= 4 is 68.4 Å². The average Bonchev–Trinajstić information content (AvgIpc) is 2.92. The van der Waals surface area contributed by atoms with E-state index in [1.54, 1.807) is 24.3 Å². The minimum atomic E-state index is -0.599. The second-order valence-electron chi connectivity index (χ2n) is 8.94. The van der Waals surface area contributed by atoms with Gasteiger partial charge < -0.3 is 14.8 Å². The normalized spacial score (nSPS) is 14.2. The van der Waals surface area contributed by atoms with E-state index < -0.39 is 11.8 Å². The molecule has 3 aromatic carbocycles. The molecule has 3 aromatic rings. The van der Waals surface area contributed by atoms with Crippen molar-refractivity contribution in [1.29, 1.82) is 0 Å². The number of carbonyl (C=O) groups is 3. The van der Waals surface area contributed by atoms with Crippen molar-refractivity contribution < 1.29 is 23.9 Å². The predicted molar refractivity (Wildman–Crippen MR) is 163 cm³/mol. The third-order valence-electron chi connectivity index (χ3n) is 6.03. The van der Waals surface area contributed by atoms with Crippen LogP contribution in [0, 0.1) is 6.92 Å². The Morgan fingerprint density at radius 1 is 1.05 bits per heavy atom. The number of ether oxygens (including phenoxy) is 2. The van der Waals surface area contributed by atoms with E-state index in [4.69, 9.17) is 21.7 Å². The molecule has 1 saturated heterocycles. The lowest BCUT2D eigenvalue weighted by molar-refractivity contribution is -0.122. The molecule has 0 aromatic heterocycles. The van der Waals surface area contributed by atoms with Crippen LogP contribution in [0.3, 0.4) is 0 Å². The molecule has 1 aliphatic heterocycles. The molecule has 0 saturated carbocycles. The van der Waals surface area contributed by atoms with Gasteiger partial charge in [-0.15, -0.1) is 0 Å². The number of nitrogens with one attached hydrogen (secondary N) is 2. The first-order chi connectivity index (χ1) is 19.2. The summed E-state index contributed by atoms with van der Waals surface area (Å²) in [7, 11) is 0. The highest BCUT2D eigenvalue weighted by molar-refractivity contribution is 9.10. The molecule has 1 heterocycles. The highest BCUT2D eigenvalue weighted by Crippen LogP contribution is 2.38. The van der Waals surface area contributed by atoms with Gasteiger partial charge in [-0.3, -0.25) is 24.6 Å². The van der Waals surface area contributed by atoms with Gasteiger partial charge in [-0.05, 0) is 102 Å². The Hall–Kier alpha value is -4.02. The van der Waals surface area contributed by atoms with Crippen molar-refractivity contribution in [2.45, 2.75) is 27.2 Å². The Morgan fingerprint density at radius 2 is 1.75 bits per heavy atom. The first-order valence-corrected chi connectivity index (χ1v) is 13.9. The molecule has 0 bridgehead atoms. The maximum Gasteiger partial charge on any atom is 0.270 e. The van der Waals surface area contributed by atoms with Crippen molar-refractivity contribution in [1.82, 2.24) is 5.32 Å². The van der Waals surface area contributed by atoms with Gasteiger partial charge in [0.2, 0.25) is 0 Å². The molecule has 206 valence electrons. The smallest absolute Gasteiger partial charge is 0.270 e. The molecule has 4 rings (SSSR count). The van der Waals surface area contributed by atoms with Crippen LogP contribution in [-0.4, -0.2) is 36.0 Å². The number of rotatable bonds is 9. The number of aryl methyl sites for hydroxylation is 2. The van der Waals surface area contributed by atoms with Crippen molar-refractivity contribution in [3.63, 3.8) is 0 Å². The minimum Gasteiger partial charge on any atom is -0.490 e. The second-order valence-corrected chi connectivity index (χ2v) is 10.2. The van der Waals surface area contributed by atoms with Crippen LogP contribution < -0.4 is 25.0 Å². The average molecular weight is 623 g/mol. The van der Waals surface area contributed by atoms with Gasteiger partial charge >= 0.3 is 0 Å². The topological polar surface area (TPSA) is 97.0 Å². The van der Waals surface area contributed by atoms with Gasteiger partial charge in [-0.2, -0.15) is 0 Å². The molecule has 0 radical (unpaired) electrons. The summed E-state index contributed by atoms with van der Waals surface area (Å²) < 4.78 is 12.0. The maximum absolute atomic E-state index is 13.4. The Kier molecular flexibility index (Phi) is 9.34. The Morgan fingerprint density at radius 3 is 2.40 bits per heavy atom. The van der Waals surface area contributed by atoms with E-state index in [-0.39, 0.29) is 23.2 Å². The molecular weight excluding hydrogens is 594 g/mol. The van der Waals surface area contributed by atoms with E-state index in [1.165, 1.54) is 11.0 Å². The quantitative estimate of drug-likeness (QED) is 0.184. The predicted octanol–water partition coefficient (Wildman–Crippen LogP) is 5.57. The molecule has 40 heavy (non-hydrogen) atoms. The minimum absolute atomic E-state index is 0.0141. The summed E-state index contributed by atoms with van der Waals surface area (Å²) in [4.78, 5) is 40.0. The first-order valence-electron chi connectivity index (χ1n) is 12.7. The highest BCUT2D eigenvalue weighted by Gasteiger charge is 2.34. The van der Waals surface area contributed by atoms with Crippen LogP contribution in [0.1, 0.15) is 30.5 Å². The summed E-state index contributed by atoms with van der Waals surface area (Å²) in [5.74, 6) is -0.810. The molecule has 0 atom stereocenters. The lowest BCUT2D eigenvalue weighted by Crippen LogP contribution is -2.54. The van der Waals surface area contributed by atoms with E-state index in [2.05, 4.69) is 26.6 Å². The van der Waals surface area contributed by atoms with Gasteiger partial charge in [0.05, 0.1) is 16.8 Å². The number of hydrogen-bond acceptors (Lipinski definition) is 6. The molecule has 8 nitrogen and oxygen atoms in total. The van der Waals surface area contributed by atoms with Crippen LogP contribution in [0.5, 0.6) is 11.5 Å². The molecule has 10 heteroatoms. The number of amides is 3. The van der Waals surface area contributed by atoms with Crippen molar-refractivity contribution in [3.8, 4) is 11.5 Å². The zero-order valence-electron chi connectivity index (χ0n) is 22.2. The van der Waals surface area contributed by atoms with Crippen LogP contribution in [0.4, 0.5) is 11.4 Å². The molecule has 0 aliphatic carbocycles. The fourth-order valence-corrected chi connectivity index (χ4v) is 4.84. The monoisotopic (exact) mass is 621 g/mol. The number of hydrogen-bond donors (Lipinski definition) is 2. The van der Waals surface area contributed by atoms with Gasteiger partial charge in [0, 0.05) is 5.69 Å². The maximum atomic E-state index is 13.4. The van der Waals surface area contributed by atoms with Gasteiger partial charge in [0.15, 0.2) is 23.2 Å². The van der Waals surface area contributed by atoms with Gasteiger partial charge in [0.1, 0.15) is 5.57 Å². The summed E-state index contributed by atoms with van der Waals surface area (Å²) in [5.41, 5.74) is 3.84. The van der Waals surface area contributed by atoms with Crippen LogP contribution >= 0.6 is 28.1 Å². The number of anilines is 2. The molecule has 0 spiro atoms. The number of nitrogens with zero attached hydrogens (tertiary/aromatic N) is 1. The van der Waals surface area contributed by atoms with Crippen molar-refractivity contribution in [2.24, 2.45) is 0 Å². The summed E-state index contributed by atoms with van der Waals surface area (Å²) in [5, 5.41) is 5.40. The molecule has 3 amide bonds. The summed E-state index contributed by atoms with van der Waals surface area (Å²) in [6, 6.07) is 18.2. The van der Waals surface area contributed by atoms with E-state index in [9.17, 15) is 14.4 Å². The third kappa shape index (κ3) is 6.75. The molecule has 1 fully saturated rings. The Labute approximate surface area is 246 Å². The summed E-state index contributed by atoms with van der Waals surface area (Å²) in [6.07, 6.45) is 2.32. The fraction of sp³-hybridized carbons (Fsp3) is 0.200. The lowest BCUT2D eigenvalue weighted by Gasteiger charge is -2.29. The van der Waals surface area contributed by atoms with Crippen LogP contribution in [-0.2, 0) is 20.8 Å². The number of halogens is 1. The third-order valence-corrected chi connectivity index (χ3v) is 6.90. The van der Waals surface area contributed by atoms with E-state index in [1.807, 2.05) is 57.2 Å². The zero-order valence-corrected chi connectivity index (χ0v) is 24.6. The first kappa shape index (κ1) is 29.0. The van der Waals surface area contributed by atoms with E-state index in [0.29, 0.717) is 39.5 Å².